The number of amides is 1. The lowest BCUT2D eigenvalue weighted by Gasteiger charge is -2.10. The highest BCUT2D eigenvalue weighted by Gasteiger charge is 2.07. The summed E-state index contributed by atoms with van der Waals surface area (Å²) in [5, 5.41) is 5.68. The van der Waals surface area contributed by atoms with Crippen LogP contribution in [0.2, 0.25) is 0 Å². The molecule has 1 aromatic carbocycles. The third-order valence-electron chi connectivity index (χ3n) is 2.78. The topological polar surface area (TPSA) is 50.4 Å². The van der Waals surface area contributed by atoms with Gasteiger partial charge in [-0.2, -0.15) is 0 Å². The normalized spacial score (nSPS) is 10.7. The Hall–Kier alpha value is -1.62. The van der Waals surface area contributed by atoms with Crippen LogP contribution in [0.1, 0.15) is 25.8 Å². The molecule has 112 valence electrons. The number of hydrogen-bond acceptors (Lipinski definition) is 3. The molecule has 5 heteroatoms. The Kier molecular flexibility index (Phi) is 7.01. The van der Waals surface area contributed by atoms with Gasteiger partial charge in [0.25, 0.3) is 5.91 Å². The molecule has 0 radical (unpaired) electrons. The number of benzene rings is 1. The van der Waals surface area contributed by atoms with E-state index in [9.17, 15) is 9.18 Å². The van der Waals surface area contributed by atoms with Gasteiger partial charge in [-0.15, -0.1) is 0 Å². The number of hydrogen-bond donors (Lipinski definition) is 2. The molecule has 0 spiro atoms. The fraction of sp³-hybridized carbons (Fsp3) is 0.533. The maximum atomic E-state index is 13.7. The summed E-state index contributed by atoms with van der Waals surface area (Å²) in [5.41, 5.74) is 0.832. The Balaban J connectivity index is 2.39. The highest BCUT2D eigenvalue weighted by molar-refractivity contribution is 5.77. The van der Waals surface area contributed by atoms with Crippen molar-refractivity contribution in [2.24, 2.45) is 5.92 Å². The highest BCUT2D eigenvalue weighted by Crippen LogP contribution is 2.18. The lowest BCUT2D eigenvalue weighted by atomic mass is 10.1. The summed E-state index contributed by atoms with van der Waals surface area (Å²) in [5.74, 6) is -0.0469. The van der Waals surface area contributed by atoms with Crippen LogP contribution in [0.4, 0.5) is 4.39 Å². The molecule has 0 bridgehead atoms. The molecule has 1 rings (SSSR count). The highest BCUT2D eigenvalue weighted by atomic mass is 19.1. The number of nitrogens with one attached hydrogen (secondary N) is 2. The van der Waals surface area contributed by atoms with Crippen LogP contribution in [-0.2, 0) is 11.3 Å². The van der Waals surface area contributed by atoms with E-state index in [-0.39, 0.29) is 18.3 Å². The molecule has 1 amide bonds. The molecule has 0 aliphatic carbocycles. The molecule has 0 saturated carbocycles. The van der Waals surface area contributed by atoms with Gasteiger partial charge in [0.2, 0.25) is 0 Å². The summed E-state index contributed by atoms with van der Waals surface area (Å²) in [4.78, 5) is 11.5. The molecule has 0 unspecified atom stereocenters. The predicted molar refractivity (Wildman–Crippen MR) is 77.1 cm³/mol. The van der Waals surface area contributed by atoms with Gasteiger partial charge in [-0.05, 0) is 37.1 Å². The number of halogens is 1. The summed E-state index contributed by atoms with van der Waals surface area (Å²) in [6, 6.07) is 4.72. The fourth-order valence-corrected chi connectivity index (χ4v) is 1.67. The van der Waals surface area contributed by atoms with Crippen LogP contribution in [0.3, 0.4) is 0 Å². The third kappa shape index (κ3) is 6.02. The van der Waals surface area contributed by atoms with Crippen molar-refractivity contribution in [3.8, 4) is 5.75 Å². The van der Waals surface area contributed by atoms with E-state index in [0.29, 0.717) is 19.0 Å². The van der Waals surface area contributed by atoms with E-state index < -0.39 is 5.82 Å². The lowest BCUT2D eigenvalue weighted by molar-refractivity contribution is -0.123. The third-order valence-corrected chi connectivity index (χ3v) is 2.78. The molecule has 0 saturated heterocycles. The second kappa shape index (κ2) is 8.53. The van der Waals surface area contributed by atoms with Crippen LogP contribution < -0.4 is 15.4 Å². The van der Waals surface area contributed by atoms with Gasteiger partial charge in [-0.1, -0.05) is 19.9 Å². The van der Waals surface area contributed by atoms with Crippen molar-refractivity contribution in [1.82, 2.24) is 10.6 Å². The Morgan fingerprint density at radius 3 is 2.75 bits per heavy atom. The van der Waals surface area contributed by atoms with Crippen molar-refractivity contribution in [2.45, 2.75) is 26.8 Å². The van der Waals surface area contributed by atoms with Crippen LogP contribution in [0.25, 0.3) is 0 Å². The van der Waals surface area contributed by atoms with Crippen LogP contribution in [0, 0.1) is 11.7 Å². The first-order chi connectivity index (χ1) is 9.52. The van der Waals surface area contributed by atoms with Gasteiger partial charge in [0.1, 0.15) is 0 Å². The first-order valence-electron chi connectivity index (χ1n) is 6.85. The number of carbonyl (C=O) groups excluding carboxylic acids is 1. The zero-order valence-electron chi connectivity index (χ0n) is 12.3. The molecule has 0 aliphatic rings. The molecule has 0 heterocycles. The summed E-state index contributed by atoms with van der Waals surface area (Å²) >= 11 is 0. The zero-order valence-corrected chi connectivity index (χ0v) is 12.3. The van der Waals surface area contributed by atoms with E-state index >= 15 is 0 Å². The fourth-order valence-electron chi connectivity index (χ4n) is 1.67. The molecule has 1 aromatic rings. The largest absolute Gasteiger partial charge is 0.481 e. The second-order valence-corrected chi connectivity index (χ2v) is 5.12. The summed E-state index contributed by atoms with van der Waals surface area (Å²) < 4.78 is 18.9. The van der Waals surface area contributed by atoms with Gasteiger partial charge < -0.3 is 15.4 Å². The number of rotatable bonds is 8. The zero-order chi connectivity index (χ0) is 15.0. The molecular weight excluding hydrogens is 259 g/mol. The Morgan fingerprint density at radius 2 is 2.15 bits per heavy atom. The first kappa shape index (κ1) is 16.4. The van der Waals surface area contributed by atoms with Crippen LogP contribution in [0.15, 0.2) is 18.2 Å². The van der Waals surface area contributed by atoms with Crippen molar-refractivity contribution >= 4 is 5.91 Å². The standard InChI is InChI=1S/C15H23FN2O2/c1-11(2)6-7-18-15(19)10-20-14-5-4-12(9-17-3)8-13(14)16/h4-5,8,11,17H,6-7,9-10H2,1-3H3,(H,18,19). The van der Waals surface area contributed by atoms with E-state index in [1.54, 1.807) is 19.2 Å². The molecule has 0 atom stereocenters. The van der Waals surface area contributed by atoms with E-state index in [4.69, 9.17) is 4.74 Å². The minimum atomic E-state index is -0.451. The lowest BCUT2D eigenvalue weighted by Crippen LogP contribution is -2.30. The maximum absolute atomic E-state index is 13.7. The molecule has 0 aliphatic heterocycles. The number of ether oxygens (including phenoxy) is 1. The van der Waals surface area contributed by atoms with Gasteiger partial charge in [0.05, 0.1) is 0 Å². The Labute approximate surface area is 119 Å². The van der Waals surface area contributed by atoms with E-state index in [0.717, 1.165) is 12.0 Å². The van der Waals surface area contributed by atoms with Gasteiger partial charge >= 0.3 is 0 Å². The number of carbonyl (C=O) groups is 1. The quantitative estimate of drug-likeness (QED) is 0.767. The minimum Gasteiger partial charge on any atom is -0.481 e. The van der Waals surface area contributed by atoms with Gasteiger partial charge in [-0.25, -0.2) is 4.39 Å². The summed E-state index contributed by atoms with van der Waals surface area (Å²) in [6.07, 6.45) is 0.915. The monoisotopic (exact) mass is 282 g/mol. The molecular formula is C15H23FN2O2. The van der Waals surface area contributed by atoms with Crippen molar-refractivity contribution in [1.29, 1.82) is 0 Å². The predicted octanol–water partition coefficient (Wildman–Crippen LogP) is 2.09. The molecule has 4 nitrogen and oxygen atoms in total. The van der Waals surface area contributed by atoms with E-state index in [1.165, 1.54) is 6.07 Å². The first-order valence-corrected chi connectivity index (χ1v) is 6.85. The average Bonchev–Trinajstić information content (AvgIpc) is 2.37. The van der Waals surface area contributed by atoms with E-state index in [1.807, 2.05) is 0 Å². The van der Waals surface area contributed by atoms with Gasteiger partial charge in [0.15, 0.2) is 18.2 Å². The minimum absolute atomic E-state index is 0.101. The smallest absolute Gasteiger partial charge is 0.257 e. The summed E-state index contributed by atoms with van der Waals surface area (Å²) in [6.45, 7) is 5.21. The van der Waals surface area contributed by atoms with Crippen molar-refractivity contribution in [3.63, 3.8) is 0 Å². The molecule has 0 fully saturated rings. The van der Waals surface area contributed by atoms with Gasteiger partial charge in [0, 0.05) is 13.1 Å². The van der Waals surface area contributed by atoms with Gasteiger partial charge in [-0.3, -0.25) is 4.79 Å². The maximum Gasteiger partial charge on any atom is 0.257 e. The average molecular weight is 282 g/mol. The second-order valence-electron chi connectivity index (χ2n) is 5.12. The Morgan fingerprint density at radius 1 is 1.40 bits per heavy atom. The molecule has 20 heavy (non-hydrogen) atoms. The molecule has 0 aromatic heterocycles. The van der Waals surface area contributed by atoms with Crippen molar-refractivity contribution < 1.29 is 13.9 Å². The SMILES string of the molecule is CNCc1ccc(OCC(=O)NCCC(C)C)c(F)c1. The van der Waals surface area contributed by atoms with Crippen LogP contribution in [0.5, 0.6) is 5.75 Å². The molecule has 2 N–H and O–H groups in total. The summed E-state index contributed by atoms with van der Waals surface area (Å²) in [7, 11) is 1.80. The van der Waals surface area contributed by atoms with Crippen molar-refractivity contribution in [3.05, 3.63) is 29.6 Å². The van der Waals surface area contributed by atoms with Crippen LogP contribution in [-0.4, -0.2) is 26.1 Å². The Bertz CT molecular complexity index is 436. The van der Waals surface area contributed by atoms with Crippen LogP contribution >= 0.6 is 0 Å². The van der Waals surface area contributed by atoms with Crippen molar-refractivity contribution in [2.75, 3.05) is 20.2 Å². The van der Waals surface area contributed by atoms with E-state index in [2.05, 4.69) is 24.5 Å².